The van der Waals surface area contributed by atoms with Crippen LogP contribution in [0.3, 0.4) is 0 Å². The van der Waals surface area contributed by atoms with Crippen molar-refractivity contribution in [2.24, 2.45) is 0 Å². The van der Waals surface area contributed by atoms with Gasteiger partial charge in [-0.25, -0.2) is 0 Å². The lowest BCUT2D eigenvalue weighted by molar-refractivity contribution is 0.0257. The Bertz CT molecular complexity index is 166. The average Bonchev–Trinajstić information content (AvgIpc) is 2.33. The van der Waals surface area contributed by atoms with Crippen LogP contribution >= 0.6 is 0 Å². The van der Waals surface area contributed by atoms with Crippen LogP contribution in [-0.4, -0.2) is 49.0 Å². The van der Waals surface area contributed by atoms with Gasteiger partial charge in [-0.15, -0.1) is 6.58 Å². The van der Waals surface area contributed by atoms with Gasteiger partial charge in [0.1, 0.15) is 0 Å². The third kappa shape index (κ3) is 10.5. The van der Waals surface area contributed by atoms with Gasteiger partial charge in [0.05, 0.1) is 19.3 Å². The summed E-state index contributed by atoms with van der Waals surface area (Å²) in [6.07, 6.45) is 6.12. The number of hydrogen-bond acceptors (Lipinski definition) is 3. The van der Waals surface area contributed by atoms with Crippen molar-refractivity contribution in [1.29, 1.82) is 0 Å². The van der Waals surface area contributed by atoms with Crippen molar-refractivity contribution in [3.8, 4) is 0 Å². The van der Waals surface area contributed by atoms with Crippen LogP contribution in [0.1, 0.15) is 39.5 Å². The Morgan fingerprint density at radius 3 is 2.29 bits per heavy atom. The summed E-state index contributed by atoms with van der Waals surface area (Å²) >= 11 is 0. The molecule has 0 aliphatic heterocycles. The average molecular weight is 243 g/mol. The van der Waals surface area contributed by atoms with Crippen molar-refractivity contribution in [2.75, 3.05) is 32.8 Å². The van der Waals surface area contributed by atoms with Gasteiger partial charge in [-0.2, -0.15) is 0 Å². The standard InChI is InChI=1S/C14H29NO2/c1-4-7-9-15(10-8-5-2)12-14(16)13-17-11-6-3/h6,14,16H,3-5,7-13H2,1-2H3/t14-/m0/s1. The summed E-state index contributed by atoms with van der Waals surface area (Å²) < 4.78 is 5.26. The Morgan fingerprint density at radius 2 is 1.82 bits per heavy atom. The molecule has 0 fully saturated rings. The highest BCUT2D eigenvalue weighted by Crippen LogP contribution is 2.01. The number of aliphatic hydroxyl groups excluding tert-OH is 1. The first-order chi connectivity index (χ1) is 8.24. The lowest BCUT2D eigenvalue weighted by atomic mass is 10.2. The largest absolute Gasteiger partial charge is 0.389 e. The second kappa shape index (κ2) is 12.1. The number of hydrogen-bond donors (Lipinski definition) is 1. The Hall–Kier alpha value is -0.380. The van der Waals surface area contributed by atoms with Crippen molar-refractivity contribution < 1.29 is 9.84 Å². The van der Waals surface area contributed by atoms with E-state index in [-0.39, 0.29) is 6.10 Å². The molecule has 17 heavy (non-hydrogen) atoms. The highest BCUT2D eigenvalue weighted by atomic mass is 16.5. The summed E-state index contributed by atoms with van der Waals surface area (Å²) in [5.41, 5.74) is 0. The number of ether oxygens (including phenoxy) is 1. The van der Waals surface area contributed by atoms with Gasteiger partial charge in [-0.1, -0.05) is 32.8 Å². The molecule has 0 heterocycles. The fraction of sp³-hybridized carbons (Fsp3) is 0.857. The van der Waals surface area contributed by atoms with E-state index in [4.69, 9.17) is 4.74 Å². The summed E-state index contributed by atoms with van der Waals surface area (Å²) in [4.78, 5) is 2.34. The molecule has 3 heteroatoms. The fourth-order valence-corrected chi connectivity index (χ4v) is 1.70. The molecule has 0 rings (SSSR count). The van der Waals surface area contributed by atoms with Gasteiger partial charge in [0, 0.05) is 6.54 Å². The highest BCUT2D eigenvalue weighted by Gasteiger charge is 2.10. The lowest BCUT2D eigenvalue weighted by Crippen LogP contribution is -2.36. The number of nitrogens with zero attached hydrogens (tertiary/aromatic N) is 1. The van der Waals surface area contributed by atoms with E-state index in [0.29, 0.717) is 13.2 Å². The SMILES string of the molecule is C=CCOC[C@@H](O)CN(CCCC)CCCC. The molecule has 3 nitrogen and oxygen atoms in total. The molecule has 0 saturated heterocycles. The van der Waals surface area contributed by atoms with E-state index in [9.17, 15) is 5.11 Å². The molecule has 0 aromatic heterocycles. The van der Waals surface area contributed by atoms with Gasteiger partial charge in [0.2, 0.25) is 0 Å². The number of unbranched alkanes of at least 4 members (excludes halogenated alkanes) is 2. The van der Waals surface area contributed by atoms with Gasteiger partial charge in [0.15, 0.2) is 0 Å². The van der Waals surface area contributed by atoms with E-state index in [1.807, 2.05) is 0 Å². The van der Waals surface area contributed by atoms with Crippen LogP contribution in [0.15, 0.2) is 12.7 Å². The number of rotatable bonds is 12. The molecular weight excluding hydrogens is 214 g/mol. The zero-order valence-electron chi connectivity index (χ0n) is 11.5. The van der Waals surface area contributed by atoms with E-state index in [1.54, 1.807) is 6.08 Å². The molecule has 0 radical (unpaired) electrons. The Labute approximate surface area is 106 Å². The van der Waals surface area contributed by atoms with Gasteiger partial charge < -0.3 is 14.7 Å². The number of aliphatic hydroxyl groups is 1. The molecule has 0 aromatic rings. The second-order valence-electron chi connectivity index (χ2n) is 4.49. The van der Waals surface area contributed by atoms with Crippen LogP contribution in [0, 0.1) is 0 Å². The molecule has 0 spiro atoms. The molecule has 0 amide bonds. The lowest BCUT2D eigenvalue weighted by Gasteiger charge is -2.24. The smallest absolute Gasteiger partial charge is 0.0900 e. The Kier molecular flexibility index (Phi) is 11.8. The third-order valence-electron chi connectivity index (χ3n) is 2.67. The molecule has 0 saturated carbocycles. The maximum atomic E-state index is 9.84. The van der Waals surface area contributed by atoms with E-state index < -0.39 is 0 Å². The van der Waals surface area contributed by atoms with Crippen LogP contribution in [0.2, 0.25) is 0 Å². The summed E-state index contributed by atoms with van der Waals surface area (Å²) in [5, 5.41) is 9.84. The Morgan fingerprint density at radius 1 is 1.24 bits per heavy atom. The van der Waals surface area contributed by atoms with Gasteiger partial charge in [0.25, 0.3) is 0 Å². The summed E-state index contributed by atoms with van der Waals surface area (Å²) in [5.74, 6) is 0. The Balaban J connectivity index is 3.80. The minimum absolute atomic E-state index is 0.385. The molecule has 102 valence electrons. The van der Waals surface area contributed by atoms with Gasteiger partial charge in [-0.05, 0) is 25.9 Å². The minimum atomic E-state index is -0.385. The molecule has 0 bridgehead atoms. The predicted octanol–water partition coefficient (Wildman–Crippen LogP) is 2.45. The molecule has 0 aromatic carbocycles. The third-order valence-corrected chi connectivity index (χ3v) is 2.67. The predicted molar refractivity (Wildman–Crippen MR) is 73.3 cm³/mol. The van der Waals surface area contributed by atoms with Crippen molar-refractivity contribution in [3.05, 3.63) is 12.7 Å². The maximum absolute atomic E-state index is 9.84. The first-order valence-electron chi connectivity index (χ1n) is 6.83. The van der Waals surface area contributed by atoms with Gasteiger partial charge >= 0.3 is 0 Å². The first kappa shape index (κ1) is 16.6. The van der Waals surface area contributed by atoms with E-state index >= 15 is 0 Å². The first-order valence-corrected chi connectivity index (χ1v) is 6.83. The van der Waals surface area contributed by atoms with Crippen molar-refractivity contribution in [1.82, 2.24) is 4.90 Å². The maximum Gasteiger partial charge on any atom is 0.0900 e. The minimum Gasteiger partial charge on any atom is -0.389 e. The normalized spacial score (nSPS) is 12.9. The molecule has 0 unspecified atom stereocenters. The molecule has 1 atom stereocenters. The zero-order valence-corrected chi connectivity index (χ0v) is 11.5. The van der Waals surface area contributed by atoms with Crippen LogP contribution in [0.4, 0.5) is 0 Å². The summed E-state index contributed by atoms with van der Waals surface area (Å²) in [6, 6.07) is 0. The topological polar surface area (TPSA) is 32.7 Å². The van der Waals surface area contributed by atoms with E-state index in [1.165, 1.54) is 25.7 Å². The quantitative estimate of drug-likeness (QED) is 0.422. The van der Waals surface area contributed by atoms with Crippen molar-refractivity contribution in [3.63, 3.8) is 0 Å². The van der Waals surface area contributed by atoms with Crippen LogP contribution in [0.25, 0.3) is 0 Å². The van der Waals surface area contributed by atoms with Crippen LogP contribution in [0.5, 0.6) is 0 Å². The second-order valence-corrected chi connectivity index (χ2v) is 4.49. The van der Waals surface area contributed by atoms with E-state index in [2.05, 4.69) is 25.3 Å². The van der Waals surface area contributed by atoms with Crippen LogP contribution < -0.4 is 0 Å². The highest BCUT2D eigenvalue weighted by molar-refractivity contribution is 4.67. The van der Waals surface area contributed by atoms with Gasteiger partial charge in [-0.3, -0.25) is 0 Å². The summed E-state index contributed by atoms with van der Waals surface area (Å²) in [7, 11) is 0. The fourth-order valence-electron chi connectivity index (χ4n) is 1.70. The van der Waals surface area contributed by atoms with Crippen molar-refractivity contribution >= 4 is 0 Å². The molecule has 0 aliphatic rings. The molecule has 0 aliphatic carbocycles. The van der Waals surface area contributed by atoms with Crippen molar-refractivity contribution in [2.45, 2.75) is 45.6 Å². The molecular formula is C14H29NO2. The monoisotopic (exact) mass is 243 g/mol. The zero-order chi connectivity index (χ0) is 12.9. The molecule has 1 N–H and O–H groups in total. The van der Waals surface area contributed by atoms with E-state index in [0.717, 1.165) is 19.6 Å². The van der Waals surface area contributed by atoms with Crippen LogP contribution in [-0.2, 0) is 4.74 Å². The summed E-state index contributed by atoms with van der Waals surface area (Å²) in [6.45, 7) is 11.8.